The van der Waals surface area contributed by atoms with Crippen molar-refractivity contribution < 1.29 is 4.74 Å². The van der Waals surface area contributed by atoms with Gasteiger partial charge in [-0.25, -0.2) is 0 Å². The molecule has 0 unspecified atom stereocenters. The number of hydrogen-bond acceptors (Lipinski definition) is 3. The molecular weight excluding hydrogens is 188 g/mol. The maximum atomic E-state index is 5.09. The normalized spacial score (nSPS) is 19.1. The summed E-state index contributed by atoms with van der Waals surface area (Å²) in [6, 6.07) is 0. The fourth-order valence-corrected chi connectivity index (χ4v) is 2.09. The third-order valence-electron chi connectivity index (χ3n) is 3.21. The summed E-state index contributed by atoms with van der Waals surface area (Å²) in [4.78, 5) is 2.49. The predicted octanol–water partition coefficient (Wildman–Crippen LogP) is 1.47. The SMILES string of the molecule is C=C(CC1CCN(CCOC)CC1)NC. The molecule has 0 aliphatic carbocycles. The van der Waals surface area contributed by atoms with E-state index in [-0.39, 0.29) is 0 Å². The van der Waals surface area contributed by atoms with E-state index < -0.39 is 0 Å². The number of piperidine rings is 1. The Morgan fingerprint density at radius 1 is 1.47 bits per heavy atom. The van der Waals surface area contributed by atoms with Crippen molar-refractivity contribution in [1.29, 1.82) is 0 Å². The smallest absolute Gasteiger partial charge is 0.0589 e. The van der Waals surface area contributed by atoms with Crippen molar-refractivity contribution in [2.75, 3.05) is 40.4 Å². The van der Waals surface area contributed by atoms with Crippen molar-refractivity contribution in [3.05, 3.63) is 12.3 Å². The number of nitrogens with one attached hydrogen (secondary N) is 1. The van der Waals surface area contributed by atoms with Crippen LogP contribution in [0.4, 0.5) is 0 Å². The Hall–Kier alpha value is -0.540. The molecule has 0 saturated carbocycles. The number of rotatable bonds is 6. The molecule has 1 rings (SSSR count). The van der Waals surface area contributed by atoms with Crippen molar-refractivity contribution in [3.8, 4) is 0 Å². The first-order chi connectivity index (χ1) is 7.26. The second-order valence-electron chi connectivity index (χ2n) is 4.34. The van der Waals surface area contributed by atoms with Crippen LogP contribution >= 0.6 is 0 Å². The topological polar surface area (TPSA) is 24.5 Å². The summed E-state index contributed by atoms with van der Waals surface area (Å²) < 4.78 is 5.09. The zero-order valence-corrected chi connectivity index (χ0v) is 10.1. The Labute approximate surface area is 93.5 Å². The highest BCUT2D eigenvalue weighted by Crippen LogP contribution is 2.22. The van der Waals surface area contributed by atoms with Gasteiger partial charge in [0.2, 0.25) is 0 Å². The molecule has 3 heteroatoms. The molecule has 0 aromatic carbocycles. The van der Waals surface area contributed by atoms with Crippen molar-refractivity contribution in [2.45, 2.75) is 19.3 Å². The van der Waals surface area contributed by atoms with Crippen LogP contribution in [0.5, 0.6) is 0 Å². The van der Waals surface area contributed by atoms with Crippen molar-refractivity contribution in [1.82, 2.24) is 10.2 Å². The number of hydrogen-bond donors (Lipinski definition) is 1. The van der Waals surface area contributed by atoms with Gasteiger partial charge in [-0.2, -0.15) is 0 Å². The van der Waals surface area contributed by atoms with Gasteiger partial charge in [-0.1, -0.05) is 6.58 Å². The molecule has 3 nitrogen and oxygen atoms in total. The van der Waals surface area contributed by atoms with Crippen LogP contribution in [0.1, 0.15) is 19.3 Å². The summed E-state index contributed by atoms with van der Waals surface area (Å²) in [6.07, 6.45) is 3.73. The summed E-state index contributed by atoms with van der Waals surface area (Å²) in [5.74, 6) is 0.823. The average molecular weight is 212 g/mol. The Morgan fingerprint density at radius 3 is 2.67 bits per heavy atom. The second kappa shape index (κ2) is 6.85. The van der Waals surface area contributed by atoms with E-state index in [0.717, 1.165) is 25.5 Å². The van der Waals surface area contributed by atoms with Gasteiger partial charge in [-0.05, 0) is 38.3 Å². The lowest BCUT2D eigenvalue weighted by molar-refractivity contribution is 0.120. The number of likely N-dealkylation sites (tertiary alicyclic amines) is 1. The minimum atomic E-state index is 0.823. The lowest BCUT2D eigenvalue weighted by atomic mass is 9.92. The molecule has 1 heterocycles. The first kappa shape index (κ1) is 12.5. The van der Waals surface area contributed by atoms with Gasteiger partial charge in [0.25, 0.3) is 0 Å². The van der Waals surface area contributed by atoms with Crippen LogP contribution in [0, 0.1) is 5.92 Å². The van der Waals surface area contributed by atoms with Gasteiger partial charge in [0, 0.05) is 26.4 Å². The maximum absolute atomic E-state index is 5.09. The third-order valence-corrected chi connectivity index (χ3v) is 3.21. The van der Waals surface area contributed by atoms with E-state index in [4.69, 9.17) is 4.74 Å². The molecule has 0 bridgehead atoms. The van der Waals surface area contributed by atoms with Gasteiger partial charge >= 0.3 is 0 Å². The molecule has 0 spiro atoms. The van der Waals surface area contributed by atoms with Crippen LogP contribution < -0.4 is 5.32 Å². The van der Waals surface area contributed by atoms with E-state index in [1.54, 1.807) is 7.11 Å². The van der Waals surface area contributed by atoms with Crippen LogP contribution in [0.15, 0.2) is 12.3 Å². The summed E-state index contributed by atoms with van der Waals surface area (Å²) in [5, 5.41) is 3.13. The predicted molar refractivity (Wildman–Crippen MR) is 63.9 cm³/mol. The van der Waals surface area contributed by atoms with E-state index in [2.05, 4.69) is 16.8 Å². The van der Waals surface area contributed by atoms with E-state index >= 15 is 0 Å². The first-order valence-corrected chi connectivity index (χ1v) is 5.83. The molecule has 1 saturated heterocycles. The van der Waals surface area contributed by atoms with Gasteiger partial charge < -0.3 is 15.0 Å². The monoisotopic (exact) mass is 212 g/mol. The third kappa shape index (κ3) is 4.67. The lowest BCUT2D eigenvalue weighted by Gasteiger charge is -2.32. The molecule has 0 atom stereocenters. The molecule has 1 N–H and O–H groups in total. The summed E-state index contributed by atoms with van der Waals surface area (Å²) in [7, 11) is 3.72. The standard InChI is InChI=1S/C12H24N2O/c1-11(13-2)10-12-4-6-14(7-5-12)8-9-15-3/h12-13H,1,4-10H2,2-3H3. The fourth-order valence-electron chi connectivity index (χ4n) is 2.09. The van der Waals surface area contributed by atoms with Gasteiger partial charge in [0.15, 0.2) is 0 Å². The van der Waals surface area contributed by atoms with Crippen LogP contribution in [-0.2, 0) is 4.74 Å². The van der Waals surface area contributed by atoms with Crippen LogP contribution in [0.25, 0.3) is 0 Å². The molecule has 15 heavy (non-hydrogen) atoms. The van der Waals surface area contributed by atoms with Crippen LogP contribution in [0.3, 0.4) is 0 Å². The number of methoxy groups -OCH3 is 1. The molecule has 1 aliphatic heterocycles. The summed E-state index contributed by atoms with van der Waals surface area (Å²) in [6.45, 7) is 8.35. The Kier molecular flexibility index (Phi) is 5.73. The zero-order chi connectivity index (χ0) is 11.1. The van der Waals surface area contributed by atoms with Crippen molar-refractivity contribution in [2.24, 2.45) is 5.92 Å². The highest BCUT2D eigenvalue weighted by molar-refractivity contribution is 4.92. The minimum absolute atomic E-state index is 0.823. The fraction of sp³-hybridized carbons (Fsp3) is 0.833. The maximum Gasteiger partial charge on any atom is 0.0589 e. The molecule has 0 aromatic rings. The highest BCUT2D eigenvalue weighted by atomic mass is 16.5. The van der Waals surface area contributed by atoms with Gasteiger partial charge in [0.1, 0.15) is 0 Å². The summed E-state index contributed by atoms with van der Waals surface area (Å²) >= 11 is 0. The largest absolute Gasteiger partial charge is 0.392 e. The Morgan fingerprint density at radius 2 is 2.13 bits per heavy atom. The van der Waals surface area contributed by atoms with Gasteiger partial charge in [-0.15, -0.1) is 0 Å². The number of ether oxygens (including phenoxy) is 1. The quantitative estimate of drug-likeness (QED) is 0.721. The molecule has 0 amide bonds. The molecule has 0 aromatic heterocycles. The first-order valence-electron chi connectivity index (χ1n) is 5.83. The highest BCUT2D eigenvalue weighted by Gasteiger charge is 2.18. The number of nitrogens with zero attached hydrogens (tertiary/aromatic N) is 1. The Balaban J connectivity index is 2.15. The number of allylic oxidation sites excluding steroid dienone is 1. The summed E-state index contributed by atoms with van der Waals surface area (Å²) in [5.41, 5.74) is 1.17. The van der Waals surface area contributed by atoms with Gasteiger partial charge in [0.05, 0.1) is 6.61 Å². The van der Waals surface area contributed by atoms with E-state index in [1.807, 2.05) is 7.05 Å². The van der Waals surface area contributed by atoms with E-state index in [9.17, 15) is 0 Å². The molecule has 0 radical (unpaired) electrons. The zero-order valence-electron chi connectivity index (χ0n) is 10.1. The van der Waals surface area contributed by atoms with Gasteiger partial charge in [-0.3, -0.25) is 0 Å². The van der Waals surface area contributed by atoms with Crippen LogP contribution in [0.2, 0.25) is 0 Å². The molecule has 1 fully saturated rings. The van der Waals surface area contributed by atoms with E-state index in [1.165, 1.54) is 31.6 Å². The second-order valence-corrected chi connectivity index (χ2v) is 4.34. The lowest BCUT2D eigenvalue weighted by Crippen LogP contribution is -2.36. The molecule has 1 aliphatic rings. The molecule has 88 valence electrons. The minimum Gasteiger partial charge on any atom is -0.392 e. The van der Waals surface area contributed by atoms with Crippen molar-refractivity contribution in [3.63, 3.8) is 0 Å². The van der Waals surface area contributed by atoms with Crippen molar-refractivity contribution >= 4 is 0 Å². The molecular formula is C12H24N2O. The van der Waals surface area contributed by atoms with E-state index in [0.29, 0.717) is 0 Å². The average Bonchev–Trinajstić information content (AvgIpc) is 2.28. The Bertz CT molecular complexity index is 186. The van der Waals surface area contributed by atoms with Crippen LogP contribution in [-0.4, -0.2) is 45.3 Å².